The van der Waals surface area contributed by atoms with Crippen LogP contribution < -0.4 is 5.73 Å². The van der Waals surface area contributed by atoms with E-state index in [-0.39, 0.29) is 6.10 Å². The van der Waals surface area contributed by atoms with E-state index in [4.69, 9.17) is 10.5 Å². The van der Waals surface area contributed by atoms with Gasteiger partial charge < -0.3 is 10.5 Å². The predicted octanol–water partition coefficient (Wildman–Crippen LogP) is 2.82. The van der Waals surface area contributed by atoms with Crippen LogP contribution >= 0.6 is 0 Å². The maximum absolute atomic E-state index is 6.15. The highest BCUT2D eigenvalue weighted by Gasteiger charge is 2.18. The molecule has 94 valence electrons. The first kappa shape index (κ1) is 12.5. The number of hydrogen-bond donors (Lipinski definition) is 1. The van der Waals surface area contributed by atoms with Crippen molar-refractivity contribution in [2.45, 2.75) is 50.7 Å². The molecule has 3 heteroatoms. The number of nitrogens with two attached hydrogens (primary N) is 1. The highest BCUT2D eigenvalue weighted by Crippen LogP contribution is 2.25. The van der Waals surface area contributed by atoms with Gasteiger partial charge in [-0.2, -0.15) is 0 Å². The van der Waals surface area contributed by atoms with Crippen molar-refractivity contribution in [3.63, 3.8) is 0 Å². The summed E-state index contributed by atoms with van der Waals surface area (Å²) in [5.41, 5.74) is 6.96. The van der Waals surface area contributed by atoms with Gasteiger partial charge in [-0.15, -0.1) is 0 Å². The maximum Gasteiger partial charge on any atom is 0.0951 e. The lowest BCUT2D eigenvalue weighted by Crippen LogP contribution is -2.22. The normalized spacial score (nSPS) is 19.8. The van der Waals surface area contributed by atoms with Crippen LogP contribution in [0.1, 0.15) is 50.2 Å². The lowest BCUT2D eigenvalue weighted by Gasteiger charge is -2.23. The van der Waals surface area contributed by atoms with Crippen LogP contribution in [0, 0.1) is 0 Å². The number of nitrogens with zero attached hydrogens (tertiary/aromatic N) is 1. The fraction of sp³-hybridized carbons (Fsp3) is 0.643. The molecular weight excluding hydrogens is 212 g/mol. The molecule has 1 unspecified atom stereocenters. The third kappa shape index (κ3) is 3.79. The number of rotatable bonds is 4. The average Bonchev–Trinajstić information content (AvgIpc) is 2.65. The molecule has 0 aliphatic heterocycles. The highest BCUT2D eigenvalue weighted by molar-refractivity contribution is 5.13. The summed E-state index contributed by atoms with van der Waals surface area (Å²) in [4.78, 5) is 4.03. The van der Waals surface area contributed by atoms with E-state index in [2.05, 4.69) is 4.98 Å². The van der Waals surface area contributed by atoms with Crippen LogP contribution in [0.2, 0.25) is 0 Å². The van der Waals surface area contributed by atoms with Gasteiger partial charge in [0.2, 0.25) is 0 Å². The molecule has 3 nitrogen and oxygen atoms in total. The molecule has 0 aromatic carbocycles. The molecule has 0 bridgehead atoms. The molecule has 0 radical (unpaired) electrons. The van der Waals surface area contributed by atoms with E-state index in [0.717, 1.165) is 5.56 Å². The van der Waals surface area contributed by atoms with Crippen LogP contribution in [0.4, 0.5) is 0 Å². The molecule has 1 aromatic heterocycles. The molecule has 1 fully saturated rings. The Hall–Kier alpha value is -0.930. The molecular formula is C14H22N2O. The molecule has 1 heterocycles. The molecule has 2 N–H and O–H groups in total. The molecule has 0 saturated heterocycles. The smallest absolute Gasteiger partial charge is 0.0951 e. The van der Waals surface area contributed by atoms with Gasteiger partial charge in [0.1, 0.15) is 0 Å². The molecule has 17 heavy (non-hydrogen) atoms. The van der Waals surface area contributed by atoms with Crippen LogP contribution in [0.3, 0.4) is 0 Å². The maximum atomic E-state index is 6.15. The van der Waals surface area contributed by atoms with Crippen LogP contribution in [0.25, 0.3) is 0 Å². The lowest BCUT2D eigenvalue weighted by atomic mass is 10.1. The van der Waals surface area contributed by atoms with Gasteiger partial charge in [0, 0.05) is 18.9 Å². The Labute approximate surface area is 103 Å². The average molecular weight is 234 g/mol. The topological polar surface area (TPSA) is 48.1 Å². The molecule has 1 aromatic rings. The standard InChI is InChI=1S/C14H22N2O/c15-11-14(12-7-9-16-10-8-12)17-13-5-3-1-2-4-6-13/h7-10,13-14H,1-6,11,15H2. The number of aromatic nitrogens is 1. The summed E-state index contributed by atoms with van der Waals surface area (Å²) in [5.74, 6) is 0. The van der Waals surface area contributed by atoms with E-state index in [1.54, 1.807) is 12.4 Å². The Morgan fingerprint density at radius 3 is 2.41 bits per heavy atom. The van der Waals surface area contributed by atoms with Crippen molar-refractivity contribution in [1.29, 1.82) is 0 Å². The first-order valence-electron chi connectivity index (χ1n) is 6.65. The predicted molar refractivity (Wildman–Crippen MR) is 68.6 cm³/mol. The van der Waals surface area contributed by atoms with Gasteiger partial charge in [0.05, 0.1) is 12.2 Å². The van der Waals surface area contributed by atoms with Gasteiger partial charge in [-0.05, 0) is 30.5 Å². The molecule has 0 amide bonds. The number of pyridine rings is 1. The van der Waals surface area contributed by atoms with Crippen molar-refractivity contribution in [3.05, 3.63) is 30.1 Å². The van der Waals surface area contributed by atoms with E-state index >= 15 is 0 Å². The summed E-state index contributed by atoms with van der Waals surface area (Å²) in [5, 5.41) is 0. The quantitative estimate of drug-likeness (QED) is 0.815. The van der Waals surface area contributed by atoms with E-state index in [9.17, 15) is 0 Å². The lowest BCUT2D eigenvalue weighted by molar-refractivity contribution is -0.0161. The highest BCUT2D eigenvalue weighted by atomic mass is 16.5. The van der Waals surface area contributed by atoms with Gasteiger partial charge in [0.15, 0.2) is 0 Å². The zero-order valence-corrected chi connectivity index (χ0v) is 10.3. The second-order valence-corrected chi connectivity index (χ2v) is 4.75. The summed E-state index contributed by atoms with van der Waals surface area (Å²) >= 11 is 0. The fourth-order valence-electron chi connectivity index (χ4n) is 2.46. The third-order valence-electron chi connectivity index (χ3n) is 3.45. The second-order valence-electron chi connectivity index (χ2n) is 4.75. The molecule has 1 aliphatic rings. The Morgan fingerprint density at radius 1 is 1.18 bits per heavy atom. The van der Waals surface area contributed by atoms with Crippen LogP contribution in [0.15, 0.2) is 24.5 Å². The minimum absolute atomic E-state index is 0.0288. The van der Waals surface area contributed by atoms with E-state index in [1.165, 1.54) is 38.5 Å². The van der Waals surface area contributed by atoms with Gasteiger partial charge in [-0.25, -0.2) is 0 Å². The second kappa shape index (κ2) is 6.72. The monoisotopic (exact) mass is 234 g/mol. The van der Waals surface area contributed by atoms with Crippen molar-refractivity contribution in [2.24, 2.45) is 5.73 Å². The van der Waals surface area contributed by atoms with E-state index in [1.807, 2.05) is 12.1 Å². The summed E-state index contributed by atoms with van der Waals surface area (Å²) in [6.45, 7) is 0.542. The minimum Gasteiger partial charge on any atom is -0.369 e. The van der Waals surface area contributed by atoms with Crippen LogP contribution in [-0.2, 0) is 4.74 Å². The molecule has 1 saturated carbocycles. The zero-order valence-electron chi connectivity index (χ0n) is 10.3. The van der Waals surface area contributed by atoms with Crippen molar-refractivity contribution < 1.29 is 4.74 Å². The van der Waals surface area contributed by atoms with Crippen molar-refractivity contribution in [3.8, 4) is 0 Å². The summed E-state index contributed by atoms with van der Waals surface area (Å²) in [7, 11) is 0. The first-order valence-corrected chi connectivity index (χ1v) is 6.65. The van der Waals surface area contributed by atoms with E-state index in [0.29, 0.717) is 12.6 Å². The molecule has 2 rings (SSSR count). The number of hydrogen-bond acceptors (Lipinski definition) is 3. The Balaban J connectivity index is 1.94. The number of ether oxygens (including phenoxy) is 1. The van der Waals surface area contributed by atoms with Gasteiger partial charge in [-0.1, -0.05) is 25.7 Å². The Bertz CT molecular complexity index is 307. The summed E-state index contributed by atoms with van der Waals surface area (Å²) in [6.07, 6.45) is 11.7. The summed E-state index contributed by atoms with van der Waals surface area (Å²) in [6, 6.07) is 3.99. The van der Waals surface area contributed by atoms with Gasteiger partial charge in [-0.3, -0.25) is 4.98 Å². The van der Waals surface area contributed by atoms with Gasteiger partial charge >= 0.3 is 0 Å². The Morgan fingerprint density at radius 2 is 1.82 bits per heavy atom. The van der Waals surface area contributed by atoms with Crippen molar-refractivity contribution in [2.75, 3.05) is 6.54 Å². The first-order chi connectivity index (χ1) is 8.40. The SMILES string of the molecule is NCC(OC1CCCCCC1)c1ccncc1. The van der Waals surface area contributed by atoms with Crippen molar-refractivity contribution in [1.82, 2.24) is 4.98 Å². The fourth-order valence-corrected chi connectivity index (χ4v) is 2.46. The van der Waals surface area contributed by atoms with Gasteiger partial charge in [0.25, 0.3) is 0 Å². The molecule has 0 spiro atoms. The minimum atomic E-state index is 0.0288. The van der Waals surface area contributed by atoms with Crippen LogP contribution in [0.5, 0.6) is 0 Å². The Kier molecular flexibility index (Phi) is 4.95. The largest absolute Gasteiger partial charge is 0.369 e. The zero-order chi connectivity index (χ0) is 11.9. The molecule has 1 aliphatic carbocycles. The van der Waals surface area contributed by atoms with Crippen molar-refractivity contribution >= 4 is 0 Å². The summed E-state index contributed by atoms with van der Waals surface area (Å²) < 4.78 is 6.15. The van der Waals surface area contributed by atoms with Crippen LogP contribution in [-0.4, -0.2) is 17.6 Å². The van der Waals surface area contributed by atoms with E-state index < -0.39 is 0 Å². The third-order valence-corrected chi connectivity index (χ3v) is 3.45. The molecule has 1 atom stereocenters.